The first kappa shape index (κ1) is 31.1. The van der Waals surface area contributed by atoms with Crippen molar-refractivity contribution in [2.45, 2.75) is 69.5 Å². The Balaban J connectivity index is 1.67. The monoisotopic (exact) mass is 659 g/mol. The van der Waals surface area contributed by atoms with E-state index >= 15 is 0 Å². The van der Waals surface area contributed by atoms with Gasteiger partial charge >= 0.3 is 0 Å². The van der Waals surface area contributed by atoms with Gasteiger partial charge in [-0.25, -0.2) is 8.42 Å². The SMILES string of the molecule is Cc1ccc(S(=O)(=O)N(CC(=O)N(Cc2ccc(Br)cc2)[C@H](C)C(=O)NC2CCCCC2)c2cccc(Cl)c2)cc1. The van der Waals surface area contributed by atoms with Gasteiger partial charge in [0.1, 0.15) is 12.6 Å². The molecule has 1 aliphatic rings. The summed E-state index contributed by atoms with van der Waals surface area (Å²) in [6.45, 7) is 3.19. The zero-order valence-electron chi connectivity index (χ0n) is 23.2. The molecule has 41 heavy (non-hydrogen) atoms. The number of carbonyl (C=O) groups excluding carboxylic acids is 2. The van der Waals surface area contributed by atoms with E-state index in [9.17, 15) is 18.0 Å². The van der Waals surface area contributed by atoms with Crippen molar-refractivity contribution in [3.05, 3.63) is 93.4 Å². The lowest BCUT2D eigenvalue weighted by Gasteiger charge is -2.33. The van der Waals surface area contributed by atoms with Crippen molar-refractivity contribution in [3.63, 3.8) is 0 Å². The third-order valence-corrected chi connectivity index (χ3v) is 9.92. The van der Waals surface area contributed by atoms with Crippen molar-refractivity contribution in [2.24, 2.45) is 0 Å². The summed E-state index contributed by atoms with van der Waals surface area (Å²) in [5.41, 5.74) is 1.98. The normalized spacial score (nSPS) is 14.7. The van der Waals surface area contributed by atoms with Gasteiger partial charge in [-0.05, 0) is 74.7 Å². The number of carbonyl (C=O) groups is 2. The zero-order valence-corrected chi connectivity index (χ0v) is 26.4. The molecule has 1 N–H and O–H groups in total. The summed E-state index contributed by atoms with van der Waals surface area (Å²) in [7, 11) is -4.14. The van der Waals surface area contributed by atoms with E-state index in [1.165, 1.54) is 23.1 Å². The fourth-order valence-corrected chi connectivity index (χ4v) is 6.79. The molecule has 3 aromatic rings. The topological polar surface area (TPSA) is 86.8 Å². The molecule has 7 nitrogen and oxygen atoms in total. The van der Waals surface area contributed by atoms with E-state index < -0.39 is 28.5 Å². The summed E-state index contributed by atoms with van der Waals surface area (Å²) >= 11 is 9.67. The van der Waals surface area contributed by atoms with Crippen molar-refractivity contribution in [2.75, 3.05) is 10.8 Å². The van der Waals surface area contributed by atoms with Crippen LogP contribution >= 0.6 is 27.5 Å². The molecule has 1 atom stereocenters. The van der Waals surface area contributed by atoms with Gasteiger partial charge in [-0.15, -0.1) is 0 Å². The summed E-state index contributed by atoms with van der Waals surface area (Å²) in [6.07, 6.45) is 5.11. The van der Waals surface area contributed by atoms with Crippen molar-refractivity contribution >= 4 is 55.1 Å². The summed E-state index contributed by atoms with van der Waals surface area (Å²) < 4.78 is 29.8. The Morgan fingerprint density at radius 3 is 2.29 bits per heavy atom. The molecule has 0 spiro atoms. The van der Waals surface area contributed by atoms with E-state index in [0.717, 1.165) is 52.0 Å². The van der Waals surface area contributed by atoms with Crippen LogP contribution in [-0.4, -0.2) is 43.8 Å². The highest BCUT2D eigenvalue weighted by Crippen LogP contribution is 2.27. The lowest BCUT2D eigenvalue weighted by Crippen LogP contribution is -2.53. The molecule has 0 heterocycles. The van der Waals surface area contributed by atoms with Crippen LogP contribution in [0.25, 0.3) is 0 Å². The van der Waals surface area contributed by atoms with Gasteiger partial charge < -0.3 is 10.2 Å². The van der Waals surface area contributed by atoms with Crippen LogP contribution in [0.5, 0.6) is 0 Å². The van der Waals surface area contributed by atoms with Crippen molar-refractivity contribution < 1.29 is 18.0 Å². The van der Waals surface area contributed by atoms with Crippen molar-refractivity contribution in [3.8, 4) is 0 Å². The molecule has 0 bridgehead atoms. The predicted octanol–water partition coefficient (Wildman–Crippen LogP) is 6.47. The van der Waals surface area contributed by atoms with Gasteiger partial charge in [0.25, 0.3) is 10.0 Å². The number of sulfonamides is 1. The van der Waals surface area contributed by atoms with Gasteiger partial charge in [-0.2, -0.15) is 0 Å². The number of nitrogens with one attached hydrogen (secondary N) is 1. The molecule has 1 fully saturated rings. The Kier molecular flexibility index (Phi) is 10.5. The van der Waals surface area contributed by atoms with Gasteiger partial charge in [0.15, 0.2) is 0 Å². The third-order valence-electron chi connectivity index (χ3n) is 7.37. The van der Waals surface area contributed by atoms with E-state index in [-0.39, 0.29) is 29.1 Å². The number of hydrogen-bond donors (Lipinski definition) is 1. The first-order valence-electron chi connectivity index (χ1n) is 13.7. The van der Waals surface area contributed by atoms with E-state index in [1.54, 1.807) is 37.3 Å². The largest absolute Gasteiger partial charge is 0.352 e. The molecular weight excluding hydrogens is 626 g/mol. The minimum atomic E-state index is -4.14. The first-order chi connectivity index (χ1) is 19.5. The number of benzene rings is 3. The molecular formula is C31H35BrClN3O4S. The quantitative estimate of drug-likeness (QED) is 0.270. The van der Waals surface area contributed by atoms with Crippen LogP contribution in [0, 0.1) is 6.92 Å². The molecule has 0 aliphatic heterocycles. The number of hydrogen-bond acceptors (Lipinski definition) is 4. The molecule has 2 amide bonds. The molecule has 1 saturated carbocycles. The zero-order chi connectivity index (χ0) is 29.6. The van der Waals surface area contributed by atoms with Crippen molar-refractivity contribution in [1.29, 1.82) is 0 Å². The summed E-state index contributed by atoms with van der Waals surface area (Å²) in [4.78, 5) is 28.9. The van der Waals surface area contributed by atoms with Gasteiger partial charge in [-0.3, -0.25) is 13.9 Å². The molecule has 10 heteroatoms. The van der Waals surface area contributed by atoms with Gasteiger partial charge in [0, 0.05) is 22.1 Å². The van der Waals surface area contributed by atoms with E-state index in [4.69, 9.17) is 11.6 Å². The number of anilines is 1. The van der Waals surface area contributed by atoms with Gasteiger partial charge in [0.05, 0.1) is 10.6 Å². The molecule has 0 unspecified atom stereocenters. The van der Waals surface area contributed by atoms with Crippen LogP contribution in [0.4, 0.5) is 5.69 Å². The standard InChI is InChI=1S/C31H35BrClN3O4S/c1-22-11-17-29(18-12-22)41(39,40)36(28-10-6-7-26(33)19-28)21-30(37)35(20-24-13-15-25(32)16-14-24)23(2)31(38)34-27-8-4-3-5-9-27/h6-7,10-19,23,27H,3-5,8-9,20-21H2,1-2H3,(H,34,38)/t23-/m1/s1. The highest BCUT2D eigenvalue weighted by Gasteiger charge is 2.33. The van der Waals surface area contributed by atoms with E-state index in [2.05, 4.69) is 21.2 Å². The van der Waals surface area contributed by atoms with Crippen LogP contribution in [0.1, 0.15) is 50.2 Å². The average molecular weight is 661 g/mol. The van der Waals surface area contributed by atoms with Crippen LogP contribution in [0.15, 0.2) is 82.2 Å². The Morgan fingerprint density at radius 2 is 1.66 bits per heavy atom. The predicted molar refractivity (Wildman–Crippen MR) is 166 cm³/mol. The highest BCUT2D eigenvalue weighted by atomic mass is 79.9. The maximum Gasteiger partial charge on any atom is 0.264 e. The number of nitrogens with zero attached hydrogens (tertiary/aromatic N) is 2. The van der Waals surface area contributed by atoms with Crippen LogP contribution in [0.3, 0.4) is 0 Å². The average Bonchev–Trinajstić information content (AvgIpc) is 2.95. The maximum atomic E-state index is 14.1. The molecule has 3 aromatic carbocycles. The Labute approximate surface area is 256 Å². The van der Waals surface area contributed by atoms with Crippen molar-refractivity contribution in [1.82, 2.24) is 10.2 Å². The first-order valence-corrected chi connectivity index (χ1v) is 16.3. The fourth-order valence-electron chi connectivity index (χ4n) is 4.94. The number of amides is 2. The molecule has 0 radical (unpaired) electrons. The van der Waals surface area contributed by atoms with Gasteiger partial charge in [-0.1, -0.05) is 82.7 Å². The number of aryl methyl sites for hydroxylation is 1. The minimum absolute atomic E-state index is 0.0541. The Morgan fingerprint density at radius 1 is 1.00 bits per heavy atom. The second-order valence-corrected chi connectivity index (χ2v) is 13.7. The van der Waals surface area contributed by atoms with Gasteiger partial charge in [0.2, 0.25) is 11.8 Å². The Bertz CT molecular complexity index is 1460. The minimum Gasteiger partial charge on any atom is -0.352 e. The van der Waals surface area contributed by atoms with Crippen LogP contribution in [-0.2, 0) is 26.2 Å². The van der Waals surface area contributed by atoms with E-state index in [1.807, 2.05) is 31.2 Å². The third kappa shape index (κ3) is 8.11. The highest BCUT2D eigenvalue weighted by molar-refractivity contribution is 9.10. The summed E-state index contributed by atoms with van der Waals surface area (Å²) in [6, 6.07) is 19.6. The second kappa shape index (κ2) is 13.9. The lowest BCUT2D eigenvalue weighted by molar-refractivity contribution is -0.139. The molecule has 1 aliphatic carbocycles. The lowest BCUT2D eigenvalue weighted by atomic mass is 9.95. The molecule has 4 rings (SSSR count). The molecule has 218 valence electrons. The van der Waals surface area contributed by atoms with E-state index in [0.29, 0.717) is 5.02 Å². The molecule has 0 saturated heterocycles. The summed E-state index contributed by atoms with van der Waals surface area (Å²) in [5, 5.41) is 3.45. The maximum absolute atomic E-state index is 14.1. The Hall–Kier alpha value is -2.88. The number of halogens is 2. The van der Waals surface area contributed by atoms with Crippen LogP contribution < -0.4 is 9.62 Å². The summed E-state index contributed by atoms with van der Waals surface area (Å²) in [5.74, 6) is -0.757. The van der Waals surface area contributed by atoms with Crippen LogP contribution in [0.2, 0.25) is 5.02 Å². The fraction of sp³-hybridized carbons (Fsp3) is 0.355. The molecule has 0 aromatic heterocycles. The number of rotatable bonds is 10. The smallest absolute Gasteiger partial charge is 0.264 e. The second-order valence-electron chi connectivity index (χ2n) is 10.5.